The molecule has 0 saturated carbocycles. The average Bonchev–Trinajstić information content (AvgIpc) is 3.06. The van der Waals surface area contributed by atoms with Crippen molar-refractivity contribution >= 4 is 11.5 Å². The molecular weight excluding hydrogens is 274 g/mol. The Hall–Kier alpha value is -2.45. The summed E-state index contributed by atoms with van der Waals surface area (Å²) in [6, 6.07) is 0. The van der Waals surface area contributed by atoms with Gasteiger partial charge in [0.2, 0.25) is 5.82 Å². The van der Waals surface area contributed by atoms with Crippen molar-refractivity contribution in [3.8, 4) is 0 Å². The zero-order valence-electron chi connectivity index (χ0n) is 12.0. The smallest absolute Gasteiger partial charge is 0.333 e. The first-order valence-electron chi connectivity index (χ1n) is 6.86. The van der Waals surface area contributed by atoms with Gasteiger partial charge in [-0.1, -0.05) is 0 Å². The highest BCUT2D eigenvalue weighted by Gasteiger charge is 2.32. The van der Waals surface area contributed by atoms with E-state index in [0.717, 1.165) is 25.2 Å². The van der Waals surface area contributed by atoms with Gasteiger partial charge in [0.1, 0.15) is 17.8 Å². The predicted molar refractivity (Wildman–Crippen MR) is 75.2 cm³/mol. The third-order valence-corrected chi connectivity index (χ3v) is 3.88. The molecule has 1 fully saturated rings. The Labute approximate surface area is 121 Å². The molecule has 0 spiro atoms. The molecule has 2 aromatic rings. The van der Waals surface area contributed by atoms with Gasteiger partial charge in [-0.3, -0.25) is 15.2 Å². The summed E-state index contributed by atoms with van der Waals surface area (Å²) >= 11 is 0. The molecule has 0 bridgehead atoms. The minimum atomic E-state index is -0.351. The van der Waals surface area contributed by atoms with E-state index in [0.29, 0.717) is 18.1 Å². The van der Waals surface area contributed by atoms with Gasteiger partial charge in [0.25, 0.3) is 0 Å². The molecule has 21 heavy (non-hydrogen) atoms. The predicted octanol–water partition coefficient (Wildman–Crippen LogP) is 1.14. The van der Waals surface area contributed by atoms with Crippen molar-refractivity contribution in [2.24, 2.45) is 7.05 Å². The zero-order chi connectivity index (χ0) is 15.0. The lowest BCUT2D eigenvalue weighted by Gasteiger charge is -2.32. The van der Waals surface area contributed by atoms with E-state index in [4.69, 9.17) is 0 Å². The van der Waals surface area contributed by atoms with Gasteiger partial charge in [-0.25, -0.2) is 9.67 Å². The molecule has 0 radical (unpaired) electrons. The second-order valence-corrected chi connectivity index (χ2v) is 5.29. The number of nitrogens with one attached hydrogen (secondary N) is 1. The minimum absolute atomic E-state index is 0.0933. The fourth-order valence-electron chi connectivity index (χ4n) is 3.01. The fraction of sp³-hybridized carbons (Fsp3) is 0.583. The number of nitro groups is 1. The molecule has 3 rings (SSSR count). The molecule has 0 unspecified atom stereocenters. The van der Waals surface area contributed by atoms with Crippen molar-refractivity contribution in [3.63, 3.8) is 0 Å². The van der Waals surface area contributed by atoms with E-state index in [1.54, 1.807) is 18.7 Å². The molecule has 9 heteroatoms. The van der Waals surface area contributed by atoms with Crippen LogP contribution in [0, 0.1) is 17.0 Å². The lowest BCUT2D eigenvalue weighted by Crippen LogP contribution is -2.36. The molecule has 112 valence electrons. The van der Waals surface area contributed by atoms with Gasteiger partial charge in [0.05, 0.1) is 4.92 Å². The maximum Gasteiger partial charge on any atom is 0.333 e. The Morgan fingerprint density at radius 1 is 1.52 bits per heavy atom. The number of aryl methyl sites for hydroxylation is 2. The topological polar surface area (TPSA) is 106 Å². The summed E-state index contributed by atoms with van der Waals surface area (Å²) in [5, 5.41) is 22.3. The van der Waals surface area contributed by atoms with E-state index < -0.39 is 0 Å². The standard InChI is InChI=1S/C12H17N7O2/c1-8-10(19(20)21)12(17(2)16-8)18-5-3-4-9(6-18)11-13-7-14-15-11/h7,9H,3-6H2,1-2H3,(H,13,14,15)/t9-/m0/s1. The minimum Gasteiger partial charge on any atom is -0.350 e. The molecule has 0 aliphatic carbocycles. The van der Waals surface area contributed by atoms with Crippen LogP contribution in [0.3, 0.4) is 0 Å². The first kappa shape index (κ1) is 13.5. The summed E-state index contributed by atoms with van der Waals surface area (Å²) in [5.41, 5.74) is 0.537. The van der Waals surface area contributed by atoms with E-state index in [2.05, 4.69) is 20.3 Å². The van der Waals surface area contributed by atoms with Crippen LogP contribution in [0.4, 0.5) is 11.5 Å². The van der Waals surface area contributed by atoms with Gasteiger partial charge in [-0.05, 0) is 19.8 Å². The maximum atomic E-state index is 11.3. The number of aromatic nitrogens is 5. The van der Waals surface area contributed by atoms with Crippen LogP contribution in [0.25, 0.3) is 0 Å². The van der Waals surface area contributed by atoms with Crippen LogP contribution in [-0.4, -0.2) is 43.0 Å². The molecule has 1 saturated heterocycles. The molecule has 2 aromatic heterocycles. The Morgan fingerprint density at radius 3 is 3.00 bits per heavy atom. The van der Waals surface area contributed by atoms with Crippen molar-refractivity contribution in [2.75, 3.05) is 18.0 Å². The van der Waals surface area contributed by atoms with E-state index in [1.165, 1.54) is 6.33 Å². The lowest BCUT2D eigenvalue weighted by molar-refractivity contribution is -0.384. The van der Waals surface area contributed by atoms with Crippen molar-refractivity contribution in [1.82, 2.24) is 25.0 Å². The summed E-state index contributed by atoms with van der Waals surface area (Å²) in [7, 11) is 1.74. The Bertz CT molecular complexity index is 649. The summed E-state index contributed by atoms with van der Waals surface area (Å²) in [6.45, 7) is 3.12. The SMILES string of the molecule is Cc1nn(C)c(N2CCC[C@H](c3ncn[nH]3)C2)c1[N+](=O)[O-]. The van der Waals surface area contributed by atoms with Gasteiger partial charge < -0.3 is 4.90 Å². The van der Waals surface area contributed by atoms with Crippen molar-refractivity contribution in [3.05, 3.63) is 28.0 Å². The molecule has 0 amide bonds. The van der Waals surface area contributed by atoms with Crippen LogP contribution in [0.1, 0.15) is 30.3 Å². The zero-order valence-corrected chi connectivity index (χ0v) is 12.0. The van der Waals surface area contributed by atoms with Crippen molar-refractivity contribution < 1.29 is 4.92 Å². The molecule has 3 heterocycles. The van der Waals surface area contributed by atoms with Crippen molar-refractivity contribution in [1.29, 1.82) is 0 Å². The van der Waals surface area contributed by atoms with E-state index >= 15 is 0 Å². The summed E-state index contributed by atoms with van der Waals surface area (Å²) in [6.07, 6.45) is 3.44. The first-order valence-corrected chi connectivity index (χ1v) is 6.86. The lowest BCUT2D eigenvalue weighted by atomic mass is 9.97. The van der Waals surface area contributed by atoms with Gasteiger partial charge in [-0.2, -0.15) is 10.2 Å². The molecule has 9 nitrogen and oxygen atoms in total. The van der Waals surface area contributed by atoms with E-state index in [-0.39, 0.29) is 16.5 Å². The first-order chi connectivity index (χ1) is 10.1. The second-order valence-electron chi connectivity index (χ2n) is 5.29. The van der Waals surface area contributed by atoms with E-state index in [1.807, 2.05) is 4.90 Å². The van der Waals surface area contributed by atoms with Gasteiger partial charge in [0, 0.05) is 26.1 Å². The molecule has 1 N–H and O–H groups in total. The molecule has 1 aliphatic heterocycles. The number of H-pyrrole nitrogens is 1. The summed E-state index contributed by atoms with van der Waals surface area (Å²) < 4.78 is 1.59. The fourth-order valence-corrected chi connectivity index (χ4v) is 3.01. The summed E-state index contributed by atoms with van der Waals surface area (Å²) in [5.74, 6) is 1.61. The monoisotopic (exact) mass is 291 g/mol. The van der Waals surface area contributed by atoms with Crippen LogP contribution < -0.4 is 4.90 Å². The number of aromatic amines is 1. The molecular formula is C12H17N7O2. The number of hydrogen-bond acceptors (Lipinski definition) is 6. The normalized spacial score (nSPS) is 19.0. The highest BCUT2D eigenvalue weighted by Crippen LogP contribution is 2.35. The quantitative estimate of drug-likeness (QED) is 0.671. The molecule has 1 aliphatic rings. The number of hydrogen-bond donors (Lipinski definition) is 1. The number of anilines is 1. The Kier molecular flexibility index (Phi) is 3.32. The van der Waals surface area contributed by atoms with Crippen molar-refractivity contribution in [2.45, 2.75) is 25.7 Å². The van der Waals surface area contributed by atoms with Crippen LogP contribution in [-0.2, 0) is 7.05 Å². The molecule has 0 aromatic carbocycles. The third kappa shape index (κ3) is 2.34. The van der Waals surface area contributed by atoms with Crippen LogP contribution in [0.5, 0.6) is 0 Å². The van der Waals surface area contributed by atoms with Gasteiger partial charge >= 0.3 is 5.69 Å². The summed E-state index contributed by atoms with van der Waals surface area (Å²) in [4.78, 5) is 17.2. The number of nitrogens with zero attached hydrogens (tertiary/aromatic N) is 6. The van der Waals surface area contributed by atoms with Crippen LogP contribution >= 0.6 is 0 Å². The molecule has 1 atom stereocenters. The number of rotatable bonds is 3. The van der Waals surface area contributed by atoms with Gasteiger partial charge in [-0.15, -0.1) is 0 Å². The third-order valence-electron chi connectivity index (χ3n) is 3.88. The maximum absolute atomic E-state index is 11.3. The van der Waals surface area contributed by atoms with Crippen LogP contribution in [0.15, 0.2) is 6.33 Å². The Morgan fingerprint density at radius 2 is 2.33 bits per heavy atom. The highest BCUT2D eigenvalue weighted by atomic mass is 16.6. The Balaban J connectivity index is 1.92. The van der Waals surface area contributed by atoms with Crippen LogP contribution in [0.2, 0.25) is 0 Å². The van der Waals surface area contributed by atoms with E-state index in [9.17, 15) is 10.1 Å². The largest absolute Gasteiger partial charge is 0.350 e. The van der Waals surface area contributed by atoms with Gasteiger partial charge in [0.15, 0.2) is 0 Å². The highest BCUT2D eigenvalue weighted by molar-refractivity contribution is 5.61. The second kappa shape index (κ2) is 5.15. The number of piperidine rings is 1. The average molecular weight is 291 g/mol.